The van der Waals surface area contributed by atoms with E-state index in [9.17, 15) is 27.5 Å². The number of aliphatic hydroxyl groups excluding tert-OH is 1. The van der Waals surface area contributed by atoms with Crippen LogP contribution in [0, 0.1) is 5.82 Å². The van der Waals surface area contributed by atoms with Gasteiger partial charge >= 0.3 is 6.18 Å². The summed E-state index contributed by atoms with van der Waals surface area (Å²) in [5.74, 6) is -1.75. The first-order valence-corrected chi connectivity index (χ1v) is 10.7. The highest BCUT2D eigenvalue weighted by molar-refractivity contribution is 5.84. The molecule has 1 aliphatic heterocycles. The molecule has 0 unspecified atom stereocenters. The van der Waals surface area contributed by atoms with Crippen molar-refractivity contribution in [2.75, 3.05) is 37.6 Å². The average molecular weight is 467 g/mol. The molecule has 0 saturated carbocycles. The van der Waals surface area contributed by atoms with Crippen molar-refractivity contribution in [2.24, 2.45) is 5.73 Å². The number of carbonyl (C=O) groups excluding carboxylic acids is 1. The van der Waals surface area contributed by atoms with E-state index in [1.165, 1.54) is 6.33 Å². The molecular formula is C22H25F4N5O2. The third-order valence-corrected chi connectivity index (χ3v) is 6.41. The molecule has 0 spiro atoms. The quantitative estimate of drug-likeness (QED) is 0.672. The number of anilines is 1. The molecule has 33 heavy (non-hydrogen) atoms. The summed E-state index contributed by atoms with van der Waals surface area (Å²) in [5, 5.41) is 10.2. The van der Waals surface area contributed by atoms with Crippen LogP contribution >= 0.6 is 0 Å². The number of nitrogens with two attached hydrogens (primary N) is 1. The number of fused-ring (bicyclic) bond motifs is 1. The molecule has 1 amide bonds. The summed E-state index contributed by atoms with van der Waals surface area (Å²) in [5.41, 5.74) is 6.01. The fourth-order valence-corrected chi connectivity index (χ4v) is 4.66. The molecule has 1 fully saturated rings. The van der Waals surface area contributed by atoms with Gasteiger partial charge in [-0.05, 0) is 24.5 Å². The molecule has 1 aromatic carbocycles. The maximum atomic E-state index is 14.5. The standard InChI is InChI=1S/C22H25F4N5O2/c1-12-8-17(32)19-18(12)20(29-11-28-19)30-4-6-31(7-5-30)21(33)15(10-27)14-3-2-13(9-16(14)23)22(24,25)26/h2-3,9,11-12,15,17,32H,4-8,10,27H2,1H3/t12-,15-,17-/m1/s1. The Morgan fingerprint density at radius 3 is 2.55 bits per heavy atom. The van der Waals surface area contributed by atoms with Gasteiger partial charge in [-0.15, -0.1) is 0 Å². The second-order valence-corrected chi connectivity index (χ2v) is 8.48. The van der Waals surface area contributed by atoms with Crippen LogP contribution in [0.4, 0.5) is 23.4 Å². The molecule has 1 aliphatic carbocycles. The number of halogens is 4. The second-order valence-electron chi connectivity index (χ2n) is 8.48. The van der Waals surface area contributed by atoms with Gasteiger partial charge < -0.3 is 20.6 Å². The Kier molecular flexibility index (Phi) is 6.28. The zero-order valence-corrected chi connectivity index (χ0v) is 18.0. The van der Waals surface area contributed by atoms with Crippen molar-refractivity contribution >= 4 is 11.7 Å². The van der Waals surface area contributed by atoms with Gasteiger partial charge in [-0.25, -0.2) is 14.4 Å². The summed E-state index contributed by atoms with van der Waals surface area (Å²) in [7, 11) is 0. The predicted molar refractivity (Wildman–Crippen MR) is 112 cm³/mol. The normalized spacial score (nSPS) is 21.8. The van der Waals surface area contributed by atoms with Crippen molar-refractivity contribution in [1.82, 2.24) is 14.9 Å². The summed E-state index contributed by atoms with van der Waals surface area (Å²) in [6.45, 7) is 3.36. The Morgan fingerprint density at radius 1 is 1.24 bits per heavy atom. The van der Waals surface area contributed by atoms with Crippen LogP contribution in [0.25, 0.3) is 0 Å². The Bertz CT molecular complexity index is 1040. The molecule has 2 aliphatic rings. The maximum absolute atomic E-state index is 14.5. The van der Waals surface area contributed by atoms with Gasteiger partial charge in [0.2, 0.25) is 5.91 Å². The van der Waals surface area contributed by atoms with E-state index in [1.54, 1.807) is 4.90 Å². The van der Waals surface area contributed by atoms with Crippen LogP contribution in [0.2, 0.25) is 0 Å². The minimum atomic E-state index is -4.67. The third kappa shape index (κ3) is 4.39. The molecule has 2 aromatic rings. The van der Waals surface area contributed by atoms with Crippen molar-refractivity contribution in [1.29, 1.82) is 0 Å². The SMILES string of the molecule is C[C@@H]1C[C@@H](O)c2ncnc(N3CCN(C(=O)[C@H](CN)c4ccc(C(F)(F)F)cc4F)CC3)c21. The molecule has 2 heterocycles. The molecule has 1 saturated heterocycles. The van der Waals surface area contributed by atoms with Crippen LogP contribution in [0.1, 0.15) is 53.7 Å². The smallest absolute Gasteiger partial charge is 0.387 e. The van der Waals surface area contributed by atoms with E-state index in [0.29, 0.717) is 44.4 Å². The number of rotatable bonds is 4. The van der Waals surface area contributed by atoms with Crippen molar-refractivity contribution < 1.29 is 27.5 Å². The van der Waals surface area contributed by atoms with Gasteiger partial charge in [0.1, 0.15) is 18.0 Å². The Hall–Kier alpha value is -2.79. The fourth-order valence-electron chi connectivity index (χ4n) is 4.66. The fraction of sp³-hybridized carbons (Fsp3) is 0.500. The first-order valence-electron chi connectivity index (χ1n) is 10.7. The number of aromatic nitrogens is 2. The molecule has 0 bridgehead atoms. The Balaban J connectivity index is 1.48. The molecule has 11 heteroatoms. The molecule has 4 rings (SSSR count). The summed E-state index contributed by atoms with van der Waals surface area (Å²) in [4.78, 5) is 25.3. The number of aliphatic hydroxyl groups is 1. The number of piperazine rings is 1. The lowest BCUT2D eigenvalue weighted by Gasteiger charge is -2.37. The minimum absolute atomic E-state index is 0.107. The summed E-state index contributed by atoms with van der Waals surface area (Å²) < 4.78 is 53.0. The van der Waals surface area contributed by atoms with Gasteiger partial charge in [0.15, 0.2) is 0 Å². The lowest BCUT2D eigenvalue weighted by atomic mass is 9.95. The number of alkyl halides is 3. The molecule has 1 aromatic heterocycles. The third-order valence-electron chi connectivity index (χ3n) is 6.41. The van der Waals surface area contributed by atoms with Crippen LogP contribution in [0.15, 0.2) is 24.5 Å². The minimum Gasteiger partial charge on any atom is -0.387 e. The number of amides is 1. The van der Waals surface area contributed by atoms with E-state index < -0.39 is 35.5 Å². The largest absolute Gasteiger partial charge is 0.416 e. The molecular weight excluding hydrogens is 442 g/mol. The van der Waals surface area contributed by atoms with Gasteiger partial charge in [-0.1, -0.05) is 13.0 Å². The second kappa shape index (κ2) is 8.86. The zero-order chi connectivity index (χ0) is 23.9. The Labute approximate surface area is 188 Å². The van der Waals surface area contributed by atoms with E-state index in [2.05, 4.69) is 9.97 Å². The molecule has 3 N–H and O–H groups in total. The van der Waals surface area contributed by atoms with Gasteiger partial charge in [0.25, 0.3) is 0 Å². The zero-order valence-electron chi connectivity index (χ0n) is 18.0. The lowest BCUT2D eigenvalue weighted by molar-refractivity contribution is -0.137. The van der Waals surface area contributed by atoms with Crippen LogP contribution in [-0.4, -0.2) is 58.6 Å². The van der Waals surface area contributed by atoms with Crippen LogP contribution in [-0.2, 0) is 11.0 Å². The highest BCUT2D eigenvalue weighted by Crippen LogP contribution is 2.42. The van der Waals surface area contributed by atoms with Gasteiger partial charge in [0.05, 0.1) is 23.3 Å². The number of benzene rings is 1. The molecule has 7 nitrogen and oxygen atoms in total. The van der Waals surface area contributed by atoms with E-state index in [0.717, 1.165) is 23.5 Å². The van der Waals surface area contributed by atoms with Gasteiger partial charge in [-0.3, -0.25) is 4.79 Å². The first kappa shape index (κ1) is 23.4. The van der Waals surface area contributed by atoms with Crippen LogP contribution in [0.3, 0.4) is 0 Å². The number of nitrogens with zero attached hydrogens (tertiary/aromatic N) is 4. The Morgan fingerprint density at radius 2 is 1.94 bits per heavy atom. The van der Waals surface area contributed by atoms with Crippen molar-refractivity contribution in [2.45, 2.75) is 37.5 Å². The van der Waals surface area contributed by atoms with E-state index >= 15 is 0 Å². The number of carbonyl (C=O) groups is 1. The van der Waals surface area contributed by atoms with Crippen molar-refractivity contribution in [3.63, 3.8) is 0 Å². The summed E-state index contributed by atoms with van der Waals surface area (Å²) in [6, 6.07) is 2.15. The van der Waals surface area contributed by atoms with Gasteiger partial charge in [-0.2, -0.15) is 13.2 Å². The summed E-state index contributed by atoms with van der Waals surface area (Å²) in [6.07, 6.45) is -3.29. The van der Waals surface area contributed by atoms with E-state index in [-0.39, 0.29) is 18.0 Å². The van der Waals surface area contributed by atoms with Crippen LogP contribution < -0.4 is 10.6 Å². The summed E-state index contributed by atoms with van der Waals surface area (Å²) >= 11 is 0. The number of hydrogen-bond acceptors (Lipinski definition) is 6. The number of hydrogen-bond donors (Lipinski definition) is 2. The maximum Gasteiger partial charge on any atom is 0.416 e. The topological polar surface area (TPSA) is 95.6 Å². The monoisotopic (exact) mass is 467 g/mol. The lowest BCUT2D eigenvalue weighted by Crippen LogP contribution is -2.51. The van der Waals surface area contributed by atoms with Gasteiger partial charge in [0, 0.05) is 43.9 Å². The molecule has 178 valence electrons. The van der Waals surface area contributed by atoms with E-state index in [1.807, 2.05) is 11.8 Å². The van der Waals surface area contributed by atoms with Crippen molar-refractivity contribution in [3.05, 3.63) is 52.7 Å². The predicted octanol–water partition coefficient (Wildman–Crippen LogP) is 2.57. The molecule has 3 atom stereocenters. The molecule has 0 radical (unpaired) electrons. The highest BCUT2D eigenvalue weighted by atomic mass is 19.4. The van der Waals surface area contributed by atoms with E-state index in [4.69, 9.17) is 5.73 Å². The van der Waals surface area contributed by atoms with Crippen LogP contribution in [0.5, 0.6) is 0 Å². The first-order chi connectivity index (χ1) is 15.6. The van der Waals surface area contributed by atoms with Crippen molar-refractivity contribution in [3.8, 4) is 0 Å². The average Bonchev–Trinajstić information content (AvgIpc) is 3.08. The highest BCUT2D eigenvalue weighted by Gasteiger charge is 2.36.